The number of morpholine rings is 1. The standard InChI is InChI=1S/C30H44N4O6/c1-2-3-14-31-27(36)26(35)25(21-40-20-22-10-6-4-7-11-22)32-28(37)30(19-24(30)23-12-8-5-9-13-23)33-29(38)34-15-17-39-18-16-34/h4,6-7,10-11,23-25H,2-3,5,8-9,12-21H2,1H3,(H,31,36)(H,32,37)(H,33,38). The molecule has 10 heteroatoms. The van der Waals surface area contributed by atoms with E-state index >= 15 is 0 Å². The first-order valence-electron chi connectivity index (χ1n) is 14.8. The largest absolute Gasteiger partial charge is 0.378 e. The number of hydrogen-bond donors (Lipinski definition) is 3. The van der Waals surface area contributed by atoms with Crippen LogP contribution in [0, 0.1) is 11.8 Å². The fraction of sp³-hybridized carbons (Fsp3) is 0.667. The van der Waals surface area contributed by atoms with Crippen molar-refractivity contribution >= 4 is 23.6 Å². The highest BCUT2D eigenvalue weighted by Gasteiger charge is 2.64. The quantitative estimate of drug-likeness (QED) is 0.253. The van der Waals surface area contributed by atoms with Gasteiger partial charge in [0.2, 0.25) is 11.7 Å². The Morgan fingerprint density at radius 2 is 1.80 bits per heavy atom. The predicted molar refractivity (Wildman–Crippen MR) is 149 cm³/mol. The number of ether oxygens (including phenoxy) is 2. The summed E-state index contributed by atoms with van der Waals surface area (Å²) in [5.74, 6) is -1.58. The lowest BCUT2D eigenvalue weighted by Crippen LogP contribution is -2.60. The summed E-state index contributed by atoms with van der Waals surface area (Å²) in [6, 6.07) is 8.04. The molecule has 2 saturated carbocycles. The third-order valence-corrected chi connectivity index (χ3v) is 8.32. The van der Waals surface area contributed by atoms with Crippen molar-refractivity contribution in [1.82, 2.24) is 20.9 Å². The third-order valence-electron chi connectivity index (χ3n) is 8.32. The zero-order valence-electron chi connectivity index (χ0n) is 23.6. The van der Waals surface area contributed by atoms with Crippen LogP contribution < -0.4 is 16.0 Å². The molecule has 1 saturated heterocycles. The SMILES string of the molecule is CCCCNC(=O)C(=O)C(COCc1ccccc1)NC(=O)C1(NC(=O)N2CCOCC2)CC1C1CCCCC1. The zero-order chi connectivity index (χ0) is 28.4. The lowest BCUT2D eigenvalue weighted by atomic mass is 9.84. The summed E-state index contributed by atoms with van der Waals surface area (Å²) < 4.78 is 11.2. The van der Waals surface area contributed by atoms with Crippen molar-refractivity contribution in [2.75, 3.05) is 39.5 Å². The molecule has 3 unspecified atom stereocenters. The molecule has 3 N–H and O–H groups in total. The molecule has 3 atom stereocenters. The molecule has 4 rings (SSSR count). The maximum atomic E-state index is 13.9. The first-order valence-corrected chi connectivity index (χ1v) is 14.8. The zero-order valence-corrected chi connectivity index (χ0v) is 23.6. The maximum Gasteiger partial charge on any atom is 0.318 e. The highest BCUT2D eigenvalue weighted by Crippen LogP contribution is 2.53. The van der Waals surface area contributed by atoms with Gasteiger partial charge in [-0.3, -0.25) is 14.4 Å². The van der Waals surface area contributed by atoms with Crippen LogP contribution in [0.5, 0.6) is 0 Å². The minimum atomic E-state index is -1.16. The maximum absolute atomic E-state index is 13.9. The van der Waals surface area contributed by atoms with Gasteiger partial charge in [0.1, 0.15) is 11.6 Å². The Hall–Kier alpha value is -2.98. The van der Waals surface area contributed by atoms with E-state index < -0.39 is 29.2 Å². The second-order valence-electron chi connectivity index (χ2n) is 11.2. The third kappa shape index (κ3) is 7.81. The van der Waals surface area contributed by atoms with Gasteiger partial charge in [0.05, 0.1) is 26.4 Å². The number of carbonyl (C=O) groups excluding carboxylic acids is 4. The van der Waals surface area contributed by atoms with E-state index in [1.807, 2.05) is 37.3 Å². The van der Waals surface area contributed by atoms with E-state index in [1.165, 1.54) is 6.42 Å². The van der Waals surface area contributed by atoms with Crippen molar-refractivity contribution in [3.05, 3.63) is 35.9 Å². The van der Waals surface area contributed by atoms with Gasteiger partial charge in [0.25, 0.3) is 5.91 Å². The molecule has 1 heterocycles. The van der Waals surface area contributed by atoms with Gasteiger partial charge in [-0.05, 0) is 30.2 Å². The number of hydrogen-bond acceptors (Lipinski definition) is 6. The Morgan fingerprint density at radius 1 is 1.07 bits per heavy atom. The first-order chi connectivity index (χ1) is 19.4. The number of carbonyl (C=O) groups is 4. The Bertz CT molecular complexity index is 1010. The number of unbranched alkanes of at least 4 members (excludes halogenated alkanes) is 1. The van der Waals surface area contributed by atoms with Gasteiger partial charge in [-0.1, -0.05) is 75.8 Å². The van der Waals surface area contributed by atoms with Crippen LogP contribution in [0.25, 0.3) is 0 Å². The Morgan fingerprint density at radius 3 is 2.50 bits per heavy atom. The van der Waals surface area contributed by atoms with E-state index in [0.717, 1.165) is 44.1 Å². The Balaban J connectivity index is 1.47. The van der Waals surface area contributed by atoms with E-state index in [4.69, 9.17) is 9.47 Å². The summed E-state index contributed by atoms with van der Waals surface area (Å²) in [7, 11) is 0. The van der Waals surface area contributed by atoms with Crippen LogP contribution in [0.4, 0.5) is 4.79 Å². The number of ketones is 1. The van der Waals surface area contributed by atoms with Crippen molar-refractivity contribution in [2.45, 2.75) is 76.5 Å². The number of amides is 4. The molecular weight excluding hydrogens is 512 g/mol. The van der Waals surface area contributed by atoms with E-state index in [1.54, 1.807) is 4.90 Å². The normalized spacial score (nSPS) is 23.6. The molecule has 0 aromatic heterocycles. The van der Waals surface area contributed by atoms with Crippen LogP contribution in [-0.4, -0.2) is 79.6 Å². The molecule has 40 heavy (non-hydrogen) atoms. The van der Waals surface area contributed by atoms with E-state index in [-0.39, 0.29) is 25.2 Å². The summed E-state index contributed by atoms with van der Waals surface area (Å²) in [4.78, 5) is 54.7. The Kier molecular flexibility index (Phi) is 10.9. The lowest BCUT2D eigenvalue weighted by Gasteiger charge is -2.31. The van der Waals surface area contributed by atoms with Gasteiger partial charge in [0.15, 0.2) is 0 Å². The summed E-state index contributed by atoms with van der Waals surface area (Å²) in [5, 5.41) is 8.52. The summed E-state index contributed by atoms with van der Waals surface area (Å²) in [6.45, 7) is 4.31. The molecule has 3 aliphatic rings. The molecule has 10 nitrogen and oxygen atoms in total. The van der Waals surface area contributed by atoms with Crippen molar-refractivity contribution in [1.29, 1.82) is 0 Å². The Labute approximate surface area is 236 Å². The van der Waals surface area contributed by atoms with Gasteiger partial charge in [-0.25, -0.2) is 4.79 Å². The van der Waals surface area contributed by atoms with E-state index in [2.05, 4.69) is 16.0 Å². The molecule has 1 aliphatic heterocycles. The van der Waals surface area contributed by atoms with Gasteiger partial charge in [-0.15, -0.1) is 0 Å². The second kappa shape index (κ2) is 14.6. The topological polar surface area (TPSA) is 126 Å². The van der Waals surface area contributed by atoms with Crippen LogP contribution >= 0.6 is 0 Å². The summed E-state index contributed by atoms with van der Waals surface area (Å²) in [5.41, 5.74) is -0.185. The average molecular weight is 557 g/mol. The van der Waals surface area contributed by atoms with Crippen molar-refractivity contribution in [3.63, 3.8) is 0 Å². The monoisotopic (exact) mass is 556 g/mol. The highest BCUT2D eigenvalue weighted by molar-refractivity contribution is 6.38. The molecule has 0 radical (unpaired) electrons. The molecular formula is C30H44N4O6. The minimum absolute atomic E-state index is 0.00263. The van der Waals surface area contributed by atoms with Gasteiger partial charge in [0, 0.05) is 19.6 Å². The molecule has 1 aromatic rings. The smallest absolute Gasteiger partial charge is 0.318 e. The molecule has 0 bridgehead atoms. The molecule has 4 amide bonds. The molecule has 3 fully saturated rings. The van der Waals surface area contributed by atoms with Crippen LogP contribution in [-0.2, 0) is 30.5 Å². The van der Waals surface area contributed by atoms with Crippen LogP contribution in [0.3, 0.4) is 0 Å². The number of nitrogens with zero attached hydrogens (tertiary/aromatic N) is 1. The molecule has 2 aliphatic carbocycles. The highest BCUT2D eigenvalue weighted by atomic mass is 16.5. The fourth-order valence-electron chi connectivity index (χ4n) is 5.85. The van der Waals surface area contributed by atoms with Gasteiger partial charge in [-0.2, -0.15) is 0 Å². The molecule has 1 aromatic carbocycles. The van der Waals surface area contributed by atoms with Crippen molar-refractivity contribution < 1.29 is 28.7 Å². The number of benzene rings is 1. The number of nitrogens with one attached hydrogen (secondary N) is 3. The van der Waals surface area contributed by atoms with Crippen molar-refractivity contribution in [2.24, 2.45) is 11.8 Å². The number of Topliss-reactive ketones (excluding diaryl/α,β-unsaturated/α-hetero) is 1. The molecule has 220 valence electrons. The van der Waals surface area contributed by atoms with Crippen LogP contribution in [0.1, 0.15) is 63.9 Å². The van der Waals surface area contributed by atoms with Crippen LogP contribution in [0.2, 0.25) is 0 Å². The van der Waals surface area contributed by atoms with Gasteiger partial charge >= 0.3 is 6.03 Å². The molecule has 0 spiro atoms. The first kappa shape index (κ1) is 30.0. The average Bonchev–Trinajstić information content (AvgIpc) is 3.73. The van der Waals surface area contributed by atoms with E-state index in [9.17, 15) is 19.2 Å². The number of urea groups is 1. The summed E-state index contributed by atoms with van der Waals surface area (Å²) in [6.07, 6.45) is 7.61. The predicted octanol–water partition coefficient (Wildman–Crippen LogP) is 2.55. The van der Waals surface area contributed by atoms with Crippen LogP contribution in [0.15, 0.2) is 30.3 Å². The van der Waals surface area contributed by atoms with E-state index in [0.29, 0.717) is 45.2 Å². The van der Waals surface area contributed by atoms with Gasteiger partial charge < -0.3 is 30.3 Å². The fourth-order valence-corrected chi connectivity index (χ4v) is 5.85. The van der Waals surface area contributed by atoms with Crippen molar-refractivity contribution in [3.8, 4) is 0 Å². The second-order valence-corrected chi connectivity index (χ2v) is 11.2. The number of rotatable bonds is 13. The lowest BCUT2D eigenvalue weighted by molar-refractivity contribution is -0.141. The summed E-state index contributed by atoms with van der Waals surface area (Å²) >= 11 is 0. The minimum Gasteiger partial charge on any atom is -0.378 e.